The van der Waals surface area contributed by atoms with Gasteiger partial charge in [-0.1, -0.05) is 36.4 Å². The van der Waals surface area contributed by atoms with Gasteiger partial charge in [0, 0.05) is 25.2 Å². The van der Waals surface area contributed by atoms with E-state index in [1.807, 2.05) is 6.07 Å². The Morgan fingerprint density at radius 1 is 1.24 bits per heavy atom. The monoisotopic (exact) mass is 282 g/mol. The van der Waals surface area contributed by atoms with E-state index in [1.165, 1.54) is 16.7 Å². The van der Waals surface area contributed by atoms with E-state index in [0.29, 0.717) is 12.6 Å². The van der Waals surface area contributed by atoms with Gasteiger partial charge in [-0.25, -0.2) is 0 Å². The first-order valence-electron chi connectivity index (χ1n) is 7.42. The Kier molecular flexibility index (Phi) is 3.95. The molecular formula is C18H22N2O. The molecule has 3 rings (SSSR count). The molecule has 0 aromatic heterocycles. The minimum Gasteiger partial charge on any atom is -0.497 e. The van der Waals surface area contributed by atoms with E-state index < -0.39 is 0 Å². The van der Waals surface area contributed by atoms with Gasteiger partial charge in [0.1, 0.15) is 5.75 Å². The molecule has 0 bridgehead atoms. The molecule has 1 aliphatic rings. The van der Waals surface area contributed by atoms with Crippen molar-refractivity contribution in [1.29, 1.82) is 0 Å². The summed E-state index contributed by atoms with van der Waals surface area (Å²) in [6.07, 6.45) is 0. The zero-order valence-corrected chi connectivity index (χ0v) is 12.6. The molecule has 2 aromatic rings. The van der Waals surface area contributed by atoms with Crippen LogP contribution in [-0.2, 0) is 6.54 Å². The highest BCUT2D eigenvalue weighted by Gasteiger charge is 2.33. The maximum atomic E-state index is 6.06. The third-order valence-corrected chi connectivity index (χ3v) is 4.47. The molecule has 0 radical (unpaired) electrons. The van der Waals surface area contributed by atoms with Crippen LogP contribution in [0.3, 0.4) is 0 Å². The molecule has 0 amide bonds. The highest BCUT2D eigenvalue weighted by molar-refractivity contribution is 5.41. The zero-order valence-electron chi connectivity index (χ0n) is 12.6. The molecule has 2 atom stereocenters. The van der Waals surface area contributed by atoms with Crippen molar-refractivity contribution in [3.8, 4) is 5.75 Å². The first kappa shape index (κ1) is 14.1. The molecule has 3 heteroatoms. The molecule has 2 aromatic carbocycles. The number of methoxy groups -OCH3 is 1. The number of hydrogen-bond acceptors (Lipinski definition) is 3. The fourth-order valence-corrected chi connectivity index (χ4v) is 3.23. The standard InChI is InChI=1S/C18H22N2O/c1-13(14-6-4-3-5-7-14)20-12-15-8-9-16(21-2)10-17(15)18(20)11-19/h3-10,13,18H,11-12,19H2,1-2H3. The van der Waals surface area contributed by atoms with Crippen molar-refractivity contribution in [3.05, 3.63) is 65.2 Å². The summed E-state index contributed by atoms with van der Waals surface area (Å²) in [6, 6.07) is 17.5. The van der Waals surface area contributed by atoms with Crippen molar-refractivity contribution in [1.82, 2.24) is 4.90 Å². The van der Waals surface area contributed by atoms with Crippen molar-refractivity contribution in [3.63, 3.8) is 0 Å². The summed E-state index contributed by atoms with van der Waals surface area (Å²) in [7, 11) is 1.71. The number of fused-ring (bicyclic) bond motifs is 1. The number of rotatable bonds is 4. The van der Waals surface area contributed by atoms with Crippen molar-refractivity contribution in [2.24, 2.45) is 5.73 Å². The van der Waals surface area contributed by atoms with E-state index in [4.69, 9.17) is 10.5 Å². The smallest absolute Gasteiger partial charge is 0.119 e. The molecule has 0 spiro atoms. The van der Waals surface area contributed by atoms with Gasteiger partial charge in [0.05, 0.1) is 7.11 Å². The number of benzene rings is 2. The fourth-order valence-electron chi connectivity index (χ4n) is 3.23. The van der Waals surface area contributed by atoms with Gasteiger partial charge < -0.3 is 10.5 Å². The van der Waals surface area contributed by atoms with Gasteiger partial charge >= 0.3 is 0 Å². The van der Waals surface area contributed by atoms with Crippen molar-refractivity contribution in [2.75, 3.05) is 13.7 Å². The Balaban J connectivity index is 1.92. The van der Waals surface area contributed by atoms with E-state index in [9.17, 15) is 0 Å². The Hall–Kier alpha value is -1.84. The van der Waals surface area contributed by atoms with Crippen LogP contribution in [0, 0.1) is 0 Å². The summed E-state index contributed by atoms with van der Waals surface area (Å²) in [5, 5.41) is 0. The zero-order chi connectivity index (χ0) is 14.8. The quantitative estimate of drug-likeness (QED) is 0.935. The molecule has 110 valence electrons. The van der Waals surface area contributed by atoms with E-state index in [0.717, 1.165) is 12.3 Å². The van der Waals surface area contributed by atoms with E-state index in [2.05, 4.69) is 54.3 Å². The van der Waals surface area contributed by atoms with Crippen LogP contribution in [0.4, 0.5) is 0 Å². The lowest BCUT2D eigenvalue weighted by molar-refractivity contribution is 0.161. The van der Waals surface area contributed by atoms with Gasteiger partial charge in [-0.2, -0.15) is 0 Å². The molecule has 0 aliphatic carbocycles. The molecule has 3 nitrogen and oxygen atoms in total. The summed E-state index contributed by atoms with van der Waals surface area (Å²) >= 11 is 0. The lowest BCUT2D eigenvalue weighted by atomic mass is 10.0. The van der Waals surface area contributed by atoms with E-state index in [-0.39, 0.29) is 6.04 Å². The third kappa shape index (κ3) is 2.55. The van der Waals surface area contributed by atoms with Crippen molar-refractivity contribution < 1.29 is 4.74 Å². The highest BCUT2D eigenvalue weighted by Crippen LogP contribution is 2.40. The summed E-state index contributed by atoms with van der Waals surface area (Å²) in [5.74, 6) is 0.904. The predicted molar refractivity (Wildman–Crippen MR) is 85.2 cm³/mol. The van der Waals surface area contributed by atoms with E-state index in [1.54, 1.807) is 7.11 Å². The second kappa shape index (κ2) is 5.88. The molecule has 21 heavy (non-hydrogen) atoms. The van der Waals surface area contributed by atoms with E-state index >= 15 is 0 Å². The van der Waals surface area contributed by atoms with Crippen LogP contribution in [-0.4, -0.2) is 18.6 Å². The SMILES string of the molecule is COc1ccc2c(c1)C(CN)N(C(C)c1ccccc1)C2. The van der Waals surface area contributed by atoms with Crippen molar-refractivity contribution in [2.45, 2.75) is 25.6 Å². The number of nitrogens with two attached hydrogens (primary N) is 1. The Labute approximate surface area is 126 Å². The average molecular weight is 282 g/mol. The van der Waals surface area contributed by atoms with Gasteiger partial charge in [-0.05, 0) is 35.7 Å². The third-order valence-electron chi connectivity index (χ3n) is 4.47. The Morgan fingerprint density at radius 3 is 2.67 bits per heavy atom. The van der Waals surface area contributed by atoms with Crippen LogP contribution >= 0.6 is 0 Å². The molecule has 0 saturated carbocycles. The Morgan fingerprint density at radius 2 is 2.00 bits per heavy atom. The van der Waals surface area contributed by atoms with Crippen molar-refractivity contribution >= 4 is 0 Å². The number of ether oxygens (including phenoxy) is 1. The van der Waals surface area contributed by atoms with Gasteiger partial charge in [0.15, 0.2) is 0 Å². The summed E-state index contributed by atoms with van der Waals surface area (Å²) in [4.78, 5) is 2.47. The predicted octanol–water partition coefficient (Wildman–Crippen LogP) is 3.27. The second-order valence-electron chi connectivity index (χ2n) is 5.58. The topological polar surface area (TPSA) is 38.5 Å². The van der Waals surface area contributed by atoms with Crippen LogP contribution in [0.1, 0.15) is 35.7 Å². The summed E-state index contributed by atoms with van der Waals surface area (Å²) < 4.78 is 5.35. The van der Waals surface area contributed by atoms with Gasteiger partial charge in [0.2, 0.25) is 0 Å². The normalized spacial score (nSPS) is 19.3. The lowest BCUT2D eigenvalue weighted by Crippen LogP contribution is -2.30. The first-order valence-corrected chi connectivity index (χ1v) is 7.42. The number of hydrogen-bond donors (Lipinski definition) is 1. The van der Waals surface area contributed by atoms with Gasteiger partial charge in [-0.3, -0.25) is 4.90 Å². The van der Waals surface area contributed by atoms with Crippen LogP contribution in [0.25, 0.3) is 0 Å². The van der Waals surface area contributed by atoms with Crippen LogP contribution in [0.15, 0.2) is 48.5 Å². The first-order chi connectivity index (χ1) is 10.2. The minimum atomic E-state index is 0.255. The highest BCUT2D eigenvalue weighted by atomic mass is 16.5. The number of nitrogens with zero attached hydrogens (tertiary/aromatic N) is 1. The minimum absolute atomic E-state index is 0.255. The molecule has 0 saturated heterocycles. The molecule has 2 N–H and O–H groups in total. The molecular weight excluding hydrogens is 260 g/mol. The fraction of sp³-hybridized carbons (Fsp3) is 0.333. The van der Waals surface area contributed by atoms with Crippen LogP contribution < -0.4 is 10.5 Å². The van der Waals surface area contributed by atoms with Gasteiger partial charge in [-0.15, -0.1) is 0 Å². The van der Waals surface area contributed by atoms with Crippen LogP contribution in [0.2, 0.25) is 0 Å². The summed E-state index contributed by atoms with van der Waals surface area (Å²) in [6.45, 7) is 3.82. The second-order valence-corrected chi connectivity index (χ2v) is 5.58. The summed E-state index contributed by atoms with van der Waals surface area (Å²) in [5.41, 5.74) is 10.1. The molecule has 1 heterocycles. The molecule has 2 unspecified atom stereocenters. The largest absolute Gasteiger partial charge is 0.497 e. The lowest BCUT2D eigenvalue weighted by Gasteiger charge is -2.30. The molecule has 1 aliphatic heterocycles. The Bertz CT molecular complexity index is 612. The average Bonchev–Trinajstić information content (AvgIpc) is 2.92. The van der Waals surface area contributed by atoms with Crippen LogP contribution in [0.5, 0.6) is 5.75 Å². The maximum Gasteiger partial charge on any atom is 0.119 e. The van der Waals surface area contributed by atoms with Gasteiger partial charge in [0.25, 0.3) is 0 Å². The molecule has 0 fully saturated rings. The maximum absolute atomic E-state index is 6.06.